The number of rotatable bonds is 40. The maximum atomic E-state index is 10.5. The van der Waals surface area contributed by atoms with E-state index < -0.39 is 11.9 Å². The molecule has 0 unspecified atom stereocenters. The van der Waals surface area contributed by atoms with Crippen LogP contribution in [0.3, 0.4) is 0 Å². The van der Waals surface area contributed by atoms with Crippen molar-refractivity contribution in [2.75, 3.05) is 40.3 Å². The predicted octanol–water partition coefficient (Wildman–Crippen LogP) is 13.3. The van der Waals surface area contributed by atoms with Crippen LogP contribution in [0.25, 0.3) is 0 Å². The molecular weight excluding hydrogens is 679 g/mol. The Kier molecular flexibility index (Phi) is 50.8. The molecule has 0 aliphatic heterocycles. The maximum absolute atomic E-state index is 10.5. The normalized spacial score (nSPS) is 11.1. The summed E-state index contributed by atoms with van der Waals surface area (Å²) in [6.07, 6.45) is 45.1. The molecule has 6 nitrogen and oxygen atoms in total. The van der Waals surface area contributed by atoms with Crippen molar-refractivity contribution in [3.8, 4) is 0 Å². The van der Waals surface area contributed by atoms with Crippen LogP contribution in [-0.4, -0.2) is 72.2 Å². The van der Waals surface area contributed by atoms with Crippen molar-refractivity contribution in [2.24, 2.45) is 0 Å². The number of aliphatic carboxylic acids is 2. The number of hydrogen-bond acceptors (Lipinski definition) is 4. The van der Waals surface area contributed by atoms with Gasteiger partial charge in [0.1, 0.15) is 0 Å². The van der Waals surface area contributed by atoms with Crippen LogP contribution >= 0.6 is 0 Å². The van der Waals surface area contributed by atoms with Gasteiger partial charge in [0.15, 0.2) is 0 Å². The van der Waals surface area contributed by atoms with Crippen LogP contribution in [0.2, 0.25) is 0 Å². The number of carbonyl (C=O) groups is 2. The molecule has 0 atom stereocenters. The summed E-state index contributed by atoms with van der Waals surface area (Å²) in [5, 5.41) is 17.3. The van der Waals surface area contributed by atoms with Gasteiger partial charge in [0.2, 0.25) is 0 Å². The fourth-order valence-corrected chi connectivity index (χ4v) is 6.66. The number of nitrogens with zero attached hydrogens (tertiary/aromatic N) is 2. The molecule has 0 bridgehead atoms. The van der Waals surface area contributed by atoms with Crippen LogP contribution in [0.4, 0.5) is 0 Å². The van der Waals surface area contributed by atoms with Crippen molar-refractivity contribution >= 4 is 11.9 Å². The van der Waals surface area contributed by atoms with E-state index in [2.05, 4.69) is 23.6 Å². The molecule has 0 radical (unpaired) electrons. The van der Waals surface area contributed by atoms with Gasteiger partial charge in [-0.1, -0.05) is 206 Å². The number of carboxylic acids is 2. The second-order valence-corrected chi connectivity index (χ2v) is 15.5. The Morgan fingerprint density at radius 2 is 0.510 bits per heavy atom. The molecule has 0 saturated heterocycles. The standard InChI is InChI=1S/2C22H45NO2.Ni/c2*1-3-4-5-6-7-8-9-10-11-12-13-14-15-16-17-18-20-23(2)21-19-22(24)25;/h2*3-21H2,1-2H3,(H,24,25);/q;;+2. The smallest absolute Gasteiger partial charge is 0.481 e. The van der Waals surface area contributed by atoms with E-state index >= 15 is 0 Å². The van der Waals surface area contributed by atoms with E-state index in [1.165, 1.54) is 205 Å². The molecule has 308 valence electrons. The summed E-state index contributed by atoms with van der Waals surface area (Å²) < 4.78 is 0. The van der Waals surface area contributed by atoms with E-state index in [9.17, 15) is 9.59 Å². The number of unbranched alkanes of at least 4 members (excludes halogenated alkanes) is 30. The first-order valence-electron chi connectivity index (χ1n) is 22.1. The van der Waals surface area contributed by atoms with Crippen molar-refractivity contribution in [1.82, 2.24) is 9.80 Å². The van der Waals surface area contributed by atoms with Gasteiger partial charge in [-0.3, -0.25) is 9.59 Å². The Morgan fingerprint density at radius 1 is 0.333 bits per heavy atom. The van der Waals surface area contributed by atoms with Gasteiger partial charge in [-0.25, -0.2) is 0 Å². The van der Waals surface area contributed by atoms with Gasteiger partial charge < -0.3 is 20.0 Å². The van der Waals surface area contributed by atoms with E-state index in [0.717, 1.165) is 13.1 Å². The molecule has 0 spiro atoms. The summed E-state index contributed by atoms with van der Waals surface area (Å²) in [5.74, 6) is -1.39. The molecule has 0 rings (SSSR count). The summed E-state index contributed by atoms with van der Waals surface area (Å²) in [6, 6.07) is 0. The second-order valence-electron chi connectivity index (χ2n) is 15.5. The van der Waals surface area contributed by atoms with E-state index in [4.69, 9.17) is 10.2 Å². The molecule has 0 saturated carbocycles. The van der Waals surface area contributed by atoms with Gasteiger partial charge in [0.25, 0.3) is 0 Å². The van der Waals surface area contributed by atoms with E-state index in [0.29, 0.717) is 13.1 Å². The van der Waals surface area contributed by atoms with Crippen LogP contribution in [0.15, 0.2) is 0 Å². The molecule has 0 fully saturated rings. The average Bonchev–Trinajstić information content (AvgIpc) is 3.09. The first kappa shape index (κ1) is 54.7. The van der Waals surface area contributed by atoms with Crippen LogP contribution in [0.5, 0.6) is 0 Å². The zero-order chi connectivity index (χ0) is 37.2. The third-order valence-electron chi connectivity index (χ3n) is 10.2. The van der Waals surface area contributed by atoms with Crippen LogP contribution in [0, 0.1) is 0 Å². The average molecular weight is 770 g/mol. The Bertz CT molecular complexity index is 626. The molecule has 2 N–H and O–H groups in total. The quantitative estimate of drug-likeness (QED) is 0.0477. The number of carboxylic acid groups (broad SMARTS) is 2. The van der Waals surface area contributed by atoms with Gasteiger partial charge >= 0.3 is 28.4 Å². The topological polar surface area (TPSA) is 81.1 Å². The minimum atomic E-state index is -0.696. The minimum absolute atomic E-state index is 0. The summed E-state index contributed by atoms with van der Waals surface area (Å²) in [6.45, 7) is 7.98. The zero-order valence-electron chi connectivity index (χ0n) is 34.8. The number of hydrogen-bond donors (Lipinski definition) is 2. The van der Waals surface area contributed by atoms with Gasteiger partial charge in [-0.2, -0.15) is 0 Å². The summed E-state index contributed by atoms with van der Waals surface area (Å²) in [4.78, 5) is 25.3. The molecule has 0 aromatic heterocycles. The minimum Gasteiger partial charge on any atom is -0.481 e. The molecule has 0 aliphatic rings. The zero-order valence-corrected chi connectivity index (χ0v) is 35.8. The first-order chi connectivity index (χ1) is 24.3. The van der Waals surface area contributed by atoms with E-state index in [1.54, 1.807) is 0 Å². The molecular formula is C44H90N2NiO4+2. The van der Waals surface area contributed by atoms with Crippen molar-refractivity contribution in [3.05, 3.63) is 0 Å². The van der Waals surface area contributed by atoms with Gasteiger partial charge in [0.05, 0.1) is 12.8 Å². The SMILES string of the molecule is CCCCCCCCCCCCCCCCCCN(C)CCC(=O)O.CCCCCCCCCCCCCCCCCCN(C)CCC(=O)O.[Ni+2]. The fourth-order valence-electron chi connectivity index (χ4n) is 6.66. The second kappa shape index (κ2) is 47.4. The van der Waals surface area contributed by atoms with Crippen molar-refractivity contribution in [3.63, 3.8) is 0 Å². The molecule has 0 aromatic rings. The van der Waals surface area contributed by atoms with Crippen molar-refractivity contribution in [2.45, 2.75) is 232 Å². The summed E-state index contributed by atoms with van der Waals surface area (Å²) in [5.41, 5.74) is 0. The Labute approximate surface area is 329 Å². The van der Waals surface area contributed by atoms with Crippen molar-refractivity contribution < 1.29 is 36.3 Å². The Morgan fingerprint density at radius 3 is 0.686 bits per heavy atom. The van der Waals surface area contributed by atoms with E-state index in [-0.39, 0.29) is 29.3 Å². The first-order valence-corrected chi connectivity index (χ1v) is 22.1. The molecule has 7 heteroatoms. The summed E-state index contributed by atoms with van der Waals surface area (Å²) in [7, 11) is 4.04. The maximum Gasteiger partial charge on any atom is 2.00 e. The van der Waals surface area contributed by atoms with Gasteiger partial charge in [-0.15, -0.1) is 0 Å². The van der Waals surface area contributed by atoms with Crippen LogP contribution in [0.1, 0.15) is 232 Å². The Hall–Kier alpha value is -0.646. The van der Waals surface area contributed by atoms with Gasteiger partial charge in [-0.05, 0) is 40.0 Å². The third-order valence-corrected chi connectivity index (χ3v) is 10.2. The monoisotopic (exact) mass is 769 g/mol. The molecule has 0 aromatic carbocycles. The molecule has 0 aliphatic carbocycles. The summed E-state index contributed by atoms with van der Waals surface area (Å²) >= 11 is 0. The van der Waals surface area contributed by atoms with Crippen LogP contribution in [-0.2, 0) is 26.1 Å². The van der Waals surface area contributed by atoms with Crippen LogP contribution < -0.4 is 0 Å². The largest absolute Gasteiger partial charge is 2.00 e. The predicted molar refractivity (Wildman–Crippen MR) is 219 cm³/mol. The van der Waals surface area contributed by atoms with Gasteiger partial charge in [0, 0.05) is 13.1 Å². The molecule has 0 amide bonds. The van der Waals surface area contributed by atoms with E-state index in [1.807, 2.05) is 14.1 Å². The molecule has 0 heterocycles. The fraction of sp³-hybridized carbons (Fsp3) is 0.955. The van der Waals surface area contributed by atoms with Crippen molar-refractivity contribution in [1.29, 1.82) is 0 Å². The third kappa shape index (κ3) is 53.8. The Balaban J connectivity index is -0.000000886. The molecule has 51 heavy (non-hydrogen) atoms.